The van der Waals surface area contributed by atoms with Gasteiger partial charge in [-0.1, -0.05) is 188 Å². The zero-order valence-corrected chi connectivity index (χ0v) is 32.0. The first-order valence-corrected chi connectivity index (χ1v) is 20.0. The Balaban J connectivity index is 1.20. The summed E-state index contributed by atoms with van der Waals surface area (Å²) in [4.78, 5) is 10.8. The van der Waals surface area contributed by atoms with Crippen molar-refractivity contribution in [2.24, 2.45) is 0 Å². The Morgan fingerprint density at radius 3 is 1.49 bits per heavy atom. The maximum absolute atomic E-state index is 9.42. The summed E-state index contributed by atoms with van der Waals surface area (Å²) in [5.74, 6) is 0. The SMILES string of the molecule is N#Cc1ccc(-c2ccc(-c3c(-c4ccc5ccc6ccc(-c7ccccc7)nc6c5n4)ccc4c3-c3ccccc3C4(c3ccccc3)c3ccccc3)cc2)cc1. The maximum Gasteiger partial charge on any atom is 0.0991 e. The smallest absolute Gasteiger partial charge is 0.0991 e. The Bertz CT molecular complexity index is 3200. The molecule has 0 saturated carbocycles. The summed E-state index contributed by atoms with van der Waals surface area (Å²) in [6, 6.07) is 77.6. The second kappa shape index (κ2) is 13.9. The summed E-state index contributed by atoms with van der Waals surface area (Å²) in [5.41, 5.74) is 17.6. The normalized spacial score (nSPS) is 12.5. The first-order valence-electron chi connectivity index (χ1n) is 20.0. The van der Waals surface area contributed by atoms with Crippen LogP contribution in [-0.2, 0) is 5.41 Å². The van der Waals surface area contributed by atoms with Gasteiger partial charge < -0.3 is 0 Å². The van der Waals surface area contributed by atoms with Crippen molar-refractivity contribution in [2.45, 2.75) is 5.41 Å². The summed E-state index contributed by atoms with van der Waals surface area (Å²) in [6.45, 7) is 0. The molecule has 0 spiro atoms. The lowest BCUT2D eigenvalue weighted by molar-refractivity contribution is 0.768. The zero-order chi connectivity index (χ0) is 39.3. The van der Waals surface area contributed by atoms with Gasteiger partial charge in [0.2, 0.25) is 0 Å². The van der Waals surface area contributed by atoms with Crippen molar-refractivity contribution in [2.75, 3.05) is 0 Å². The molecule has 1 aliphatic carbocycles. The van der Waals surface area contributed by atoms with Gasteiger partial charge in [-0.3, -0.25) is 0 Å². The summed E-state index contributed by atoms with van der Waals surface area (Å²) in [7, 11) is 0. The van der Waals surface area contributed by atoms with Crippen LogP contribution < -0.4 is 0 Å². The van der Waals surface area contributed by atoms with E-state index in [1.54, 1.807) is 0 Å². The minimum absolute atomic E-state index is 0.547. The third-order valence-electron chi connectivity index (χ3n) is 12.0. The van der Waals surface area contributed by atoms with Crippen LogP contribution in [0.3, 0.4) is 0 Å². The summed E-state index contributed by atoms with van der Waals surface area (Å²) in [6.07, 6.45) is 0. The van der Waals surface area contributed by atoms with Gasteiger partial charge in [-0.05, 0) is 79.9 Å². The highest BCUT2D eigenvalue weighted by Crippen LogP contribution is 2.59. The number of hydrogen-bond acceptors (Lipinski definition) is 3. The molecule has 0 N–H and O–H groups in total. The van der Waals surface area contributed by atoms with Crippen LogP contribution in [0.5, 0.6) is 0 Å². The Morgan fingerprint density at radius 2 is 0.864 bits per heavy atom. The number of nitriles is 1. The highest BCUT2D eigenvalue weighted by atomic mass is 14.8. The fourth-order valence-electron chi connectivity index (χ4n) is 9.30. The quantitative estimate of drug-likeness (QED) is 0.159. The highest BCUT2D eigenvalue weighted by molar-refractivity contribution is 6.06. The molecule has 0 atom stereocenters. The molecule has 8 aromatic carbocycles. The number of nitrogens with zero attached hydrogens (tertiary/aromatic N) is 3. The van der Waals surface area contributed by atoms with Crippen molar-refractivity contribution in [3.05, 3.63) is 240 Å². The number of benzene rings is 8. The van der Waals surface area contributed by atoms with Gasteiger partial charge in [0.1, 0.15) is 0 Å². The standard InChI is InChI=1S/C56H35N3/c57-36-37-20-22-38(23-21-37)39-24-26-41(27-25-39)52-47(51-35-31-43-29-28-42-30-34-50(40-12-4-1-5-13-40)58-54(42)55(43)59-51)32-33-49-53(52)46-18-10-11-19-48(46)56(49,44-14-6-2-7-15-44)45-16-8-3-9-17-45/h1-35H. The van der Waals surface area contributed by atoms with Crippen LogP contribution in [0.4, 0.5) is 0 Å². The van der Waals surface area contributed by atoms with Crippen molar-refractivity contribution in [3.8, 4) is 62.0 Å². The summed E-state index contributed by atoms with van der Waals surface area (Å²) < 4.78 is 0. The Kier molecular flexibility index (Phi) is 8.10. The van der Waals surface area contributed by atoms with E-state index in [4.69, 9.17) is 9.97 Å². The van der Waals surface area contributed by atoms with Crippen molar-refractivity contribution < 1.29 is 0 Å². The second-order valence-electron chi connectivity index (χ2n) is 15.2. The van der Waals surface area contributed by atoms with Gasteiger partial charge in [0.25, 0.3) is 0 Å². The molecule has 11 rings (SSSR count). The van der Waals surface area contributed by atoms with Crippen LogP contribution in [0.15, 0.2) is 212 Å². The minimum Gasteiger partial charge on any atom is -0.245 e. The van der Waals surface area contributed by atoms with E-state index in [1.165, 1.54) is 33.4 Å². The van der Waals surface area contributed by atoms with E-state index in [0.717, 1.165) is 66.6 Å². The van der Waals surface area contributed by atoms with E-state index in [2.05, 4.69) is 188 Å². The zero-order valence-electron chi connectivity index (χ0n) is 32.0. The van der Waals surface area contributed by atoms with E-state index in [9.17, 15) is 5.26 Å². The maximum atomic E-state index is 9.42. The summed E-state index contributed by atoms with van der Waals surface area (Å²) >= 11 is 0. The Morgan fingerprint density at radius 1 is 0.356 bits per heavy atom. The van der Waals surface area contributed by atoms with E-state index in [0.29, 0.717) is 5.56 Å². The van der Waals surface area contributed by atoms with Crippen molar-refractivity contribution in [1.82, 2.24) is 9.97 Å². The molecule has 0 aliphatic heterocycles. The van der Waals surface area contributed by atoms with Gasteiger partial charge in [-0.25, -0.2) is 9.97 Å². The van der Waals surface area contributed by atoms with Gasteiger partial charge in [0, 0.05) is 21.9 Å². The van der Waals surface area contributed by atoms with E-state index in [-0.39, 0.29) is 0 Å². The molecule has 3 heteroatoms. The molecule has 10 aromatic rings. The van der Waals surface area contributed by atoms with Crippen molar-refractivity contribution in [1.29, 1.82) is 5.26 Å². The van der Waals surface area contributed by atoms with Crippen LogP contribution in [0, 0.1) is 11.3 Å². The predicted octanol–water partition coefficient (Wildman–Crippen LogP) is 13.7. The van der Waals surface area contributed by atoms with E-state index < -0.39 is 5.41 Å². The lowest BCUT2D eigenvalue weighted by Gasteiger charge is -2.34. The molecular weight excluding hydrogens is 715 g/mol. The largest absolute Gasteiger partial charge is 0.245 e. The average Bonchev–Trinajstić information content (AvgIpc) is 3.63. The third kappa shape index (κ3) is 5.50. The van der Waals surface area contributed by atoms with Crippen LogP contribution in [0.2, 0.25) is 0 Å². The molecule has 59 heavy (non-hydrogen) atoms. The lowest BCUT2D eigenvalue weighted by atomic mass is 9.67. The molecule has 0 radical (unpaired) electrons. The fourth-order valence-corrected chi connectivity index (χ4v) is 9.30. The average molecular weight is 750 g/mol. The van der Waals surface area contributed by atoms with Crippen LogP contribution in [0.25, 0.3) is 77.7 Å². The molecule has 2 heterocycles. The molecule has 0 bridgehead atoms. The third-order valence-corrected chi connectivity index (χ3v) is 12.0. The first kappa shape index (κ1) is 34.3. The predicted molar refractivity (Wildman–Crippen MR) is 241 cm³/mol. The monoisotopic (exact) mass is 749 g/mol. The molecule has 3 nitrogen and oxygen atoms in total. The van der Waals surface area contributed by atoms with Crippen LogP contribution >= 0.6 is 0 Å². The van der Waals surface area contributed by atoms with Gasteiger partial charge >= 0.3 is 0 Å². The lowest BCUT2D eigenvalue weighted by Crippen LogP contribution is -2.28. The molecule has 274 valence electrons. The molecule has 0 fully saturated rings. The van der Waals surface area contributed by atoms with Crippen LogP contribution in [0.1, 0.15) is 27.8 Å². The van der Waals surface area contributed by atoms with E-state index >= 15 is 0 Å². The van der Waals surface area contributed by atoms with Gasteiger partial charge in [0.05, 0.1) is 39.5 Å². The van der Waals surface area contributed by atoms with Gasteiger partial charge in [-0.15, -0.1) is 0 Å². The van der Waals surface area contributed by atoms with Gasteiger partial charge in [-0.2, -0.15) is 5.26 Å². The fraction of sp³-hybridized carbons (Fsp3) is 0.0179. The number of hydrogen-bond donors (Lipinski definition) is 0. The Labute approximate surface area is 343 Å². The number of rotatable bonds is 6. The topological polar surface area (TPSA) is 49.6 Å². The van der Waals surface area contributed by atoms with Crippen molar-refractivity contribution in [3.63, 3.8) is 0 Å². The van der Waals surface area contributed by atoms with Crippen LogP contribution in [-0.4, -0.2) is 9.97 Å². The van der Waals surface area contributed by atoms with E-state index in [1.807, 2.05) is 30.3 Å². The first-order chi connectivity index (χ1) is 29.2. The molecule has 1 aliphatic rings. The second-order valence-corrected chi connectivity index (χ2v) is 15.2. The number of pyridine rings is 2. The molecular formula is C56H35N3. The highest BCUT2D eigenvalue weighted by Gasteiger charge is 2.47. The summed E-state index contributed by atoms with van der Waals surface area (Å²) in [5, 5.41) is 11.5. The molecule has 0 amide bonds. The number of fused-ring (bicyclic) bond motifs is 6. The molecule has 2 aromatic heterocycles. The van der Waals surface area contributed by atoms with Crippen molar-refractivity contribution >= 4 is 21.8 Å². The van der Waals surface area contributed by atoms with Gasteiger partial charge in [0.15, 0.2) is 0 Å². The number of aromatic nitrogens is 2. The molecule has 0 unspecified atom stereocenters. The molecule has 0 saturated heterocycles. The minimum atomic E-state index is -0.547. The Hall–Kier alpha value is -7.93.